The molecule has 0 radical (unpaired) electrons. The summed E-state index contributed by atoms with van der Waals surface area (Å²) in [6.45, 7) is 7.45. The van der Waals surface area contributed by atoms with E-state index in [9.17, 15) is 17.8 Å². The molecule has 45 heavy (non-hydrogen) atoms. The second kappa shape index (κ2) is 14.4. The molecule has 3 aliphatic heterocycles. The Labute approximate surface area is 264 Å². The molecular formula is C32H41F2N7O3S. The number of nitrogens with zero attached hydrogens (tertiary/aromatic N) is 3. The Balaban J connectivity index is 1.18. The van der Waals surface area contributed by atoms with Crippen molar-refractivity contribution in [2.24, 2.45) is 0 Å². The lowest BCUT2D eigenvalue weighted by atomic mass is 10.0. The molecule has 2 aromatic carbocycles. The molecule has 2 fully saturated rings. The van der Waals surface area contributed by atoms with Crippen molar-refractivity contribution in [3.05, 3.63) is 64.9 Å². The van der Waals surface area contributed by atoms with Crippen LogP contribution in [0.4, 0.5) is 26.0 Å². The van der Waals surface area contributed by atoms with E-state index in [1.165, 1.54) is 0 Å². The van der Waals surface area contributed by atoms with E-state index < -0.39 is 22.6 Å². The van der Waals surface area contributed by atoms with Crippen molar-refractivity contribution < 1.29 is 22.5 Å². The number of benzene rings is 2. The molecular weight excluding hydrogens is 600 g/mol. The Morgan fingerprint density at radius 3 is 2.49 bits per heavy atom. The van der Waals surface area contributed by atoms with Crippen LogP contribution in [-0.4, -0.2) is 81.0 Å². The van der Waals surface area contributed by atoms with Gasteiger partial charge in [0.1, 0.15) is 22.6 Å². The minimum Gasteiger partial charge on any atom is -0.382 e. The van der Waals surface area contributed by atoms with Crippen LogP contribution in [0.2, 0.25) is 0 Å². The third kappa shape index (κ3) is 7.71. The first-order valence-electron chi connectivity index (χ1n) is 15.8. The second-order valence-corrected chi connectivity index (χ2v) is 13.5. The fourth-order valence-electron chi connectivity index (χ4n) is 6.33. The van der Waals surface area contributed by atoms with E-state index in [4.69, 9.17) is 4.74 Å². The monoisotopic (exact) mass is 641 g/mol. The van der Waals surface area contributed by atoms with Crippen molar-refractivity contribution >= 4 is 34.1 Å². The number of anilines is 3. The fourth-order valence-corrected chi connectivity index (χ4v) is 7.56. The minimum absolute atomic E-state index is 0.0501. The molecule has 1 unspecified atom stereocenters. The highest BCUT2D eigenvalue weighted by atomic mass is 32.2. The van der Waals surface area contributed by atoms with Crippen LogP contribution in [0.15, 0.2) is 41.3 Å². The number of rotatable bonds is 10. The maximum absolute atomic E-state index is 13.8. The molecule has 0 bridgehead atoms. The number of carbonyl (C=O) groups excluding carboxylic acids is 1. The maximum atomic E-state index is 13.8. The van der Waals surface area contributed by atoms with Gasteiger partial charge in [0.05, 0.1) is 10.5 Å². The van der Waals surface area contributed by atoms with Gasteiger partial charge in [-0.25, -0.2) is 17.3 Å². The van der Waals surface area contributed by atoms with Crippen molar-refractivity contribution in [1.82, 2.24) is 19.4 Å². The fraction of sp³-hybridized carbons (Fsp3) is 0.500. The number of hydrogen-bond donors (Lipinski definition) is 4. The van der Waals surface area contributed by atoms with Crippen molar-refractivity contribution in [3.63, 3.8) is 0 Å². The SMILES string of the molecule is CCCN1CCC(Nc2ccc(C(=O)Nc3n[nH]c4c3CN(S(=O)c3cc(F)cc(F)c3)CC4)c(NC3CCOCC3)c2)CC1. The number of likely N-dealkylation sites (tertiary alicyclic amines) is 1. The lowest BCUT2D eigenvalue weighted by Crippen LogP contribution is -2.39. The van der Waals surface area contributed by atoms with Crippen LogP contribution in [0, 0.1) is 11.6 Å². The Morgan fingerprint density at radius 1 is 1.02 bits per heavy atom. The predicted octanol–water partition coefficient (Wildman–Crippen LogP) is 4.90. The highest BCUT2D eigenvalue weighted by molar-refractivity contribution is 7.82. The number of fused-ring (bicyclic) bond motifs is 1. The summed E-state index contributed by atoms with van der Waals surface area (Å²) < 4.78 is 48.0. The van der Waals surface area contributed by atoms with E-state index in [0.29, 0.717) is 49.2 Å². The topological polar surface area (TPSA) is 115 Å². The van der Waals surface area contributed by atoms with Crippen LogP contribution in [0.5, 0.6) is 0 Å². The van der Waals surface area contributed by atoms with Crippen LogP contribution in [0.3, 0.4) is 0 Å². The van der Waals surface area contributed by atoms with Crippen LogP contribution >= 0.6 is 0 Å². The van der Waals surface area contributed by atoms with E-state index in [0.717, 1.165) is 87.0 Å². The van der Waals surface area contributed by atoms with Gasteiger partial charge in [-0.15, -0.1) is 0 Å². The summed E-state index contributed by atoms with van der Waals surface area (Å²) in [5.41, 5.74) is 3.74. The summed E-state index contributed by atoms with van der Waals surface area (Å²) in [7, 11) is -1.79. The Morgan fingerprint density at radius 2 is 1.76 bits per heavy atom. The van der Waals surface area contributed by atoms with E-state index in [-0.39, 0.29) is 23.4 Å². The smallest absolute Gasteiger partial charge is 0.258 e. The molecule has 13 heteroatoms. The number of amides is 1. The summed E-state index contributed by atoms with van der Waals surface area (Å²) in [5.74, 6) is -1.53. The van der Waals surface area contributed by atoms with Crippen LogP contribution in [0.1, 0.15) is 60.6 Å². The number of H-pyrrole nitrogens is 1. The van der Waals surface area contributed by atoms with E-state index in [2.05, 4.69) is 38.0 Å². The quantitative estimate of drug-likeness (QED) is 0.249. The number of hydrogen-bond acceptors (Lipinski definition) is 7. The maximum Gasteiger partial charge on any atom is 0.258 e. The van der Waals surface area contributed by atoms with Gasteiger partial charge in [0.2, 0.25) is 0 Å². The number of nitrogens with one attached hydrogen (secondary N) is 4. The number of halogens is 2. The first-order chi connectivity index (χ1) is 21.9. The molecule has 10 nitrogen and oxygen atoms in total. The molecule has 242 valence electrons. The molecule has 3 aromatic rings. The van der Waals surface area contributed by atoms with Crippen molar-refractivity contribution in [3.8, 4) is 0 Å². The number of aromatic nitrogens is 2. The Bertz CT molecular complexity index is 1500. The van der Waals surface area contributed by atoms with Crippen LogP contribution in [-0.2, 0) is 28.7 Å². The third-order valence-corrected chi connectivity index (χ3v) is 10.2. The standard InChI is InChI=1S/C32H41F2N7O3S/c1-2-10-40-11-5-23(6-12-40)35-25-3-4-27(30(19-25)36-24-8-14-44-15-9-24)32(42)37-31-28-20-41(13-7-29(28)38-39-31)45(43)26-17-21(33)16-22(34)18-26/h3-4,16-19,23-24,35-36H,2,5-15,20H2,1H3,(H2,37,38,39,42). The average molecular weight is 642 g/mol. The van der Waals surface area contributed by atoms with Gasteiger partial charge >= 0.3 is 0 Å². The molecule has 1 atom stereocenters. The van der Waals surface area contributed by atoms with Crippen molar-refractivity contribution in [1.29, 1.82) is 0 Å². The number of carbonyl (C=O) groups is 1. The molecule has 1 aromatic heterocycles. The Kier molecular flexibility index (Phi) is 10.1. The predicted molar refractivity (Wildman–Crippen MR) is 171 cm³/mol. The largest absolute Gasteiger partial charge is 0.382 e. The Hall–Kier alpha value is -3.39. The summed E-state index contributed by atoms with van der Waals surface area (Å²) >= 11 is 0. The van der Waals surface area contributed by atoms with E-state index in [1.807, 2.05) is 18.2 Å². The van der Waals surface area contributed by atoms with Crippen LogP contribution in [0.25, 0.3) is 0 Å². The molecule has 3 aliphatic rings. The lowest BCUT2D eigenvalue weighted by Gasteiger charge is -2.33. The van der Waals surface area contributed by atoms with Crippen LogP contribution < -0.4 is 16.0 Å². The molecule has 0 aliphatic carbocycles. The lowest BCUT2D eigenvalue weighted by molar-refractivity contribution is 0.0904. The van der Waals surface area contributed by atoms with Gasteiger partial charge in [0.15, 0.2) is 5.82 Å². The summed E-state index contributed by atoms with van der Waals surface area (Å²) in [4.78, 5) is 16.3. The van der Waals surface area contributed by atoms with Gasteiger partial charge in [0.25, 0.3) is 5.91 Å². The average Bonchev–Trinajstić information content (AvgIpc) is 3.43. The second-order valence-electron chi connectivity index (χ2n) is 12.0. The van der Waals surface area contributed by atoms with Gasteiger partial charge in [0, 0.05) is 86.6 Å². The molecule has 4 N–H and O–H groups in total. The summed E-state index contributed by atoms with van der Waals surface area (Å²) in [5, 5.41) is 17.6. The highest BCUT2D eigenvalue weighted by Crippen LogP contribution is 2.30. The molecule has 2 saturated heterocycles. The van der Waals surface area contributed by atoms with Gasteiger partial charge in [-0.3, -0.25) is 9.89 Å². The normalized spacial score (nSPS) is 19.2. The molecule has 0 saturated carbocycles. The zero-order chi connectivity index (χ0) is 31.3. The first-order valence-corrected chi connectivity index (χ1v) is 16.9. The van der Waals surface area contributed by atoms with Crippen molar-refractivity contribution in [2.45, 2.75) is 69.0 Å². The first kappa shape index (κ1) is 31.6. The van der Waals surface area contributed by atoms with Gasteiger partial charge in [-0.2, -0.15) is 5.10 Å². The molecule has 6 rings (SSSR count). The minimum atomic E-state index is -1.79. The van der Waals surface area contributed by atoms with E-state index >= 15 is 0 Å². The van der Waals surface area contributed by atoms with Gasteiger partial charge in [-0.05, 0) is 69.0 Å². The molecule has 4 heterocycles. The molecule has 1 amide bonds. The van der Waals surface area contributed by atoms with Gasteiger partial charge in [-0.1, -0.05) is 6.92 Å². The zero-order valence-corrected chi connectivity index (χ0v) is 26.4. The number of aromatic amines is 1. The molecule has 0 spiro atoms. The van der Waals surface area contributed by atoms with E-state index in [1.54, 1.807) is 4.31 Å². The zero-order valence-electron chi connectivity index (χ0n) is 25.5. The summed E-state index contributed by atoms with van der Waals surface area (Å²) in [6, 6.07) is 9.28. The number of ether oxygens (including phenoxy) is 1. The highest BCUT2D eigenvalue weighted by Gasteiger charge is 2.28. The third-order valence-electron chi connectivity index (χ3n) is 8.75. The van der Waals surface area contributed by atoms with Gasteiger partial charge < -0.3 is 25.6 Å². The number of piperidine rings is 1. The van der Waals surface area contributed by atoms with Crippen molar-refractivity contribution in [2.75, 3.05) is 55.3 Å². The summed E-state index contributed by atoms with van der Waals surface area (Å²) in [6.07, 6.45) is 5.51.